The van der Waals surface area contributed by atoms with Crippen molar-refractivity contribution in [3.05, 3.63) is 97.2 Å². The molecule has 0 spiro atoms. The maximum Gasteiger partial charge on any atom is 0.306 e. The van der Waals surface area contributed by atoms with Gasteiger partial charge in [-0.05, 0) is 116 Å². The van der Waals surface area contributed by atoms with Gasteiger partial charge >= 0.3 is 11.9 Å². The predicted molar refractivity (Wildman–Crippen MR) is 288 cm³/mol. The van der Waals surface area contributed by atoms with E-state index in [1.54, 1.807) is 0 Å². The highest BCUT2D eigenvalue weighted by Gasteiger charge is 2.17. The summed E-state index contributed by atoms with van der Waals surface area (Å²) in [6, 6.07) is 0. The number of allylic oxidation sites excluding steroid dienone is 16. The second-order valence-corrected chi connectivity index (χ2v) is 18.1. The molecule has 0 aromatic carbocycles. The molecule has 0 rings (SSSR count). The second kappa shape index (κ2) is 56.1. The lowest BCUT2D eigenvalue weighted by molar-refractivity contribution is -0.163. The summed E-state index contributed by atoms with van der Waals surface area (Å²) < 4.78 is 17.4. The summed E-state index contributed by atoms with van der Waals surface area (Å²) >= 11 is 0. The monoisotopic (exact) mass is 917 g/mol. The van der Waals surface area contributed by atoms with Crippen molar-refractivity contribution in [2.45, 2.75) is 258 Å². The molecule has 0 aliphatic rings. The quantitative estimate of drug-likeness (QED) is 0.0346. The Morgan fingerprint density at radius 2 is 0.712 bits per heavy atom. The molecule has 0 aliphatic carbocycles. The zero-order chi connectivity index (χ0) is 47.7. The number of carbonyl (C=O) groups is 2. The van der Waals surface area contributed by atoms with Crippen LogP contribution in [0.1, 0.15) is 252 Å². The van der Waals surface area contributed by atoms with Gasteiger partial charge in [-0.1, -0.05) is 221 Å². The number of hydrogen-bond donors (Lipinski definition) is 0. The minimum atomic E-state index is -0.558. The highest BCUT2D eigenvalue weighted by atomic mass is 16.6. The van der Waals surface area contributed by atoms with Crippen LogP contribution in [0.25, 0.3) is 0 Å². The van der Waals surface area contributed by atoms with E-state index in [-0.39, 0.29) is 25.2 Å². The van der Waals surface area contributed by atoms with Gasteiger partial charge in [-0.3, -0.25) is 9.59 Å². The first-order chi connectivity index (χ1) is 32.6. The van der Waals surface area contributed by atoms with Crippen molar-refractivity contribution in [1.29, 1.82) is 0 Å². The average Bonchev–Trinajstić information content (AvgIpc) is 3.32. The molecule has 0 saturated heterocycles. The van der Waals surface area contributed by atoms with Crippen LogP contribution < -0.4 is 0 Å². The van der Waals surface area contributed by atoms with Gasteiger partial charge in [-0.25, -0.2) is 0 Å². The lowest BCUT2D eigenvalue weighted by atomic mass is 10.1. The fraction of sp³-hybridized carbons (Fsp3) is 0.705. The summed E-state index contributed by atoms with van der Waals surface area (Å²) in [7, 11) is 0. The Bertz CT molecular complexity index is 1270. The summed E-state index contributed by atoms with van der Waals surface area (Å²) in [5.74, 6) is -0.429. The van der Waals surface area contributed by atoms with Crippen LogP contribution >= 0.6 is 0 Å². The number of rotatable bonds is 50. The van der Waals surface area contributed by atoms with Gasteiger partial charge in [0.1, 0.15) is 6.61 Å². The van der Waals surface area contributed by atoms with Gasteiger partial charge in [0, 0.05) is 19.4 Å². The van der Waals surface area contributed by atoms with Crippen LogP contribution in [0.2, 0.25) is 0 Å². The first-order valence-corrected chi connectivity index (χ1v) is 27.8. The van der Waals surface area contributed by atoms with E-state index in [4.69, 9.17) is 14.2 Å². The third-order valence-electron chi connectivity index (χ3n) is 11.6. The zero-order valence-corrected chi connectivity index (χ0v) is 43.4. The van der Waals surface area contributed by atoms with E-state index in [0.717, 1.165) is 103 Å². The summed E-state index contributed by atoms with van der Waals surface area (Å²) in [5.41, 5.74) is 0. The number of hydrogen-bond acceptors (Lipinski definition) is 5. The SMILES string of the molecule is CC/C=C\C/C=C\C/C=C\CCCCCCCCCC(=O)OC(COCCCCCCCC/C=C\C/C=C\CCC)COC(=O)CCCCCCCC/C=C\C/C=C\C/C=C\CCCCC. The maximum absolute atomic E-state index is 12.8. The van der Waals surface area contributed by atoms with E-state index < -0.39 is 6.10 Å². The van der Waals surface area contributed by atoms with E-state index >= 15 is 0 Å². The summed E-state index contributed by atoms with van der Waals surface area (Å²) in [4.78, 5) is 25.5. The van der Waals surface area contributed by atoms with Gasteiger partial charge in [0.2, 0.25) is 0 Å². The van der Waals surface area contributed by atoms with E-state index in [1.807, 2.05) is 0 Å². The smallest absolute Gasteiger partial charge is 0.306 e. The van der Waals surface area contributed by atoms with E-state index in [0.29, 0.717) is 19.4 Å². The standard InChI is InChI=1S/C61H104O5/c1-4-7-10-13-16-19-22-25-28-30-31-33-34-36-39-42-45-48-51-54-60(62)65-58-59(57-64-56-53-50-47-44-41-38-27-24-21-18-15-12-9-6-3)66-61(63)55-52-49-46-43-40-37-35-32-29-26-23-20-17-14-11-8-5-2/h8,11-12,15-17,19-21,24-26,28-29,31,33,59H,4-7,9-10,13-14,18,22-23,27,30,32,34-58H2,1-3H3/b11-8-,15-12-,19-16-,20-17-,24-21-,28-25-,29-26-,33-31-. The van der Waals surface area contributed by atoms with Crippen molar-refractivity contribution in [3.63, 3.8) is 0 Å². The van der Waals surface area contributed by atoms with Crippen LogP contribution in [0.5, 0.6) is 0 Å². The first kappa shape index (κ1) is 62.8. The largest absolute Gasteiger partial charge is 0.462 e. The van der Waals surface area contributed by atoms with Crippen LogP contribution in [-0.4, -0.2) is 37.9 Å². The Kier molecular flexibility index (Phi) is 53.4. The van der Waals surface area contributed by atoms with Gasteiger partial charge in [0.15, 0.2) is 6.10 Å². The molecule has 0 bridgehead atoms. The van der Waals surface area contributed by atoms with E-state index in [9.17, 15) is 9.59 Å². The summed E-state index contributed by atoms with van der Waals surface area (Å²) in [6.45, 7) is 7.59. The molecular weight excluding hydrogens is 813 g/mol. The molecular formula is C61H104O5. The highest BCUT2D eigenvalue weighted by Crippen LogP contribution is 2.14. The van der Waals surface area contributed by atoms with Gasteiger partial charge in [0.05, 0.1) is 6.61 Å². The molecule has 66 heavy (non-hydrogen) atoms. The molecule has 378 valence electrons. The highest BCUT2D eigenvalue weighted by molar-refractivity contribution is 5.70. The van der Waals surface area contributed by atoms with Gasteiger partial charge in [-0.15, -0.1) is 0 Å². The topological polar surface area (TPSA) is 61.8 Å². The minimum absolute atomic E-state index is 0.0655. The van der Waals surface area contributed by atoms with Crippen LogP contribution in [0, 0.1) is 0 Å². The van der Waals surface area contributed by atoms with Crippen LogP contribution in [0.3, 0.4) is 0 Å². The van der Waals surface area contributed by atoms with Crippen molar-refractivity contribution >= 4 is 11.9 Å². The summed E-state index contributed by atoms with van der Waals surface area (Å²) in [6.07, 6.45) is 75.6. The van der Waals surface area contributed by atoms with Crippen molar-refractivity contribution in [2.24, 2.45) is 0 Å². The van der Waals surface area contributed by atoms with Crippen molar-refractivity contribution in [1.82, 2.24) is 0 Å². The Morgan fingerprint density at radius 1 is 0.348 bits per heavy atom. The number of esters is 2. The van der Waals surface area contributed by atoms with E-state index in [1.165, 1.54) is 116 Å². The molecule has 0 aliphatic heterocycles. The van der Waals surface area contributed by atoms with Crippen LogP contribution in [0.4, 0.5) is 0 Å². The van der Waals surface area contributed by atoms with Gasteiger partial charge in [-0.2, -0.15) is 0 Å². The van der Waals surface area contributed by atoms with Crippen LogP contribution in [0.15, 0.2) is 97.2 Å². The fourth-order valence-electron chi connectivity index (χ4n) is 7.45. The van der Waals surface area contributed by atoms with Crippen LogP contribution in [-0.2, 0) is 23.8 Å². The zero-order valence-electron chi connectivity index (χ0n) is 43.4. The summed E-state index contributed by atoms with van der Waals surface area (Å²) in [5, 5.41) is 0. The lowest BCUT2D eigenvalue weighted by Gasteiger charge is -2.18. The molecule has 1 unspecified atom stereocenters. The number of unbranched alkanes of at least 4 members (excludes halogenated alkanes) is 23. The molecule has 0 fully saturated rings. The molecule has 0 aromatic rings. The lowest BCUT2D eigenvalue weighted by Crippen LogP contribution is -2.30. The Balaban J connectivity index is 4.33. The number of ether oxygens (including phenoxy) is 3. The first-order valence-electron chi connectivity index (χ1n) is 27.8. The molecule has 0 N–H and O–H groups in total. The molecule has 0 saturated carbocycles. The molecule has 5 heteroatoms. The molecule has 0 heterocycles. The maximum atomic E-state index is 12.8. The van der Waals surface area contributed by atoms with Gasteiger partial charge < -0.3 is 14.2 Å². The fourth-order valence-corrected chi connectivity index (χ4v) is 7.45. The minimum Gasteiger partial charge on any atom is -0.462 e. The van der Waals surface area contributed by atoms with Gasteiger partial charge in [0.25, 0.3) is 0 Å². The van der Waals surface area contributed by atoms with Crippen molar-refractivity contribution in [3.8, 4) is 0 Å². The average molecular weight is 917 g/mol. The molecule has 1 atom stereocenters. The molecule has 0 radical (unpaired) electrons. The predicted octanol–water partition coefficient (Wildman–Crippen LogP) is 19.0. The Labute approximate surface area is 409 Å². The Hall–Kier alpha value is -3.18. The van der Waals surface area contributed by atoms with E-state index in [2.05, 4.69) is 118 Å². The molecule has 0 aromatic heterocycles. The van der Waals surface area contributed by atoms with Crippen molar-refractivity contribution < 1.29 is 23.8 Å². The third kappa shape index (κ3) is 53.4. The molecule has 0 amide bonds. The molecule has 5 nitrogen and oxygen atoms in total. The number of carbonyl (C=O) groups excluding carboxylic acids is 2. The normalized spacial score (nSPS) is 13.0. The Morgan fingerprint density at radius 3 is 1.15 bits per heavy atom. The third-order valence-corrected chi connectivity index (χ3v) is 11.6. The second-order valence-electron chi connectivity index (χ2n) is 18.1. The van der Waals surface area contributed by atoms with Crippen molar-refractivity contribution in [2.75, 3.05) is 19.8 Å².